The number of nitrogens with zero attached hydrogens (tertiary/aromatic N) is 4. The van der Waals surface area contributed by atoms with E-state index in [1.807, 2.05) is 34.9 Å². The third kappa shape index (κ3) is 12.1. The van der Waals surface area contributed by atoms with Gasteiger partial charge in [-0.15, -0.1) is 0 Å². The van der Waals surface area contributed by atoms with Gasteiger partial charge >= 0.3 is 0 Å². The summed E-state index contributed by atoms with van der Waals surface area (Å²) in [4.78, 5) is 22.5. The molecule has 0 saturated heterocycles. The van der Waals surface area contributed by atoms with Gasteiger partial charge in [0.05, 0.1) is 35.2 Å². The summed E-state index contributed by atoms with van der Waals surface area (Å²) in [6.45, 7) is 12.6. The molecule has 0 radical (unpaired) electrons. The highest BCUT2D eigenvalue weighted by Crippen LogP contribution is 2.34. The van der Waals surface area contributed by atoms with E-state index in [9.17, 15) is 22.0 Å². The fourth-order valence-corrected chi connectivity index (χ4v) is 8.29. The Labute approximate surface area is 328 Å². The largest absolute Gasteiger partial charge is 0.491 e. The van der Waals surface area contributed by atoms with Gasteiger partial charge in [0.1, 0.15) is 12.4 Å². The molecule has 1 amide bonds. The first-order valence-corrected chi connectivity index (χ1v) is 22.0. The van der Waals surface area contributed by atoms with Gasteiger partial charge in [-0.1, -0.05) is 52.3 Å². The predicted octanol–water partition coefficient (Wildman–Crippen LogP) is 7.98. The average molecular weight is 791 g/mol. The molecule has 55 heavy (non-hydrogen) atoms. The number of hydrogen-bond donors (Lipinski definition) is 1. The van der Waals surface area contributed by atoms with E-state index >= 15 is 0 Å². The minimum atomic E-state index is -4.60. The lowest BCUT2D eigenvalue weighted by atomic mass is 9.96. The number of aryl methyl sites for hydroxylation is 1. The van der Waals surface area contributed by atoms with Crippen LogP contribution in [0.3, 0.4) is 0 Å². The summed E-state index contributed by atoms with van der Waals surface area (Å²) < 4.78 is 61.3. The summed E-state index contributed by atoms with van der Waals surface area (Å²) in [5.74, 6) is -0.0242. The smallest absolute Gasteiger partial charge is 0.283 e. The van der Waals surface area contributed by atoms with Gasteiger partial charge in [-0.3, -0.25) is 18.5 Å². The van der Waals surface area contributed by atoms with Gasteiger partial charge in [0.25, 0.3) is 16.0 Å². The first kappa shape index (κ1) is 41.9. The van der Waals surface area contributed by atoms with Crippen molar-refractivity contribution >= 4 is 44.3 Å². The highest BCUT2D eigenvalue weighted by atomic mass is 32.2. The number of carbonyl (C=O) groups excluding carboxylic acids is 1. The molecule has 1 atom stereocenters. The second kappa shape index (κ2) is 20.0. The number of anilines is 2. The molecule has 1 aliphatic heterocycles. The Morgan fingerprint density at radius 1 is 0.982 bits per heavy atom. The number of benzene rings is 3. The Bertz CT molecular complexity index is 2030. The molecule has 0 bridgehead atoms. The van der Waals surface area contributed by atoms with Gasteiger partial charge in [0, 0.05) is 54.3 Å². The standard InChI is InChI=1S/C42H54N4O7S2/c1-5-7-22-52-23-24-53-39-15-10-33(11-16-39)34-12-19-41-36(25-34)26-35(9-8-21-44(41)28-32(3)4)42(47)46(31-55(49,50)51)37-13-17-40(18-14-37)54(48)29-38-27-43-30-45(38)20-6-2/h10-19,25-27,30,32H,5-9,20-24,28-29,31H2,1-4H3,(H,49,50,51). The van der Waals surface area contributed by atoms with Crippen LogP contribution in [0.5, 0.6) is 5.75 Å². The van der Waals surface area contributed by atoms with Crippen molar-refractivity contribution in [2.75, 3.05) is 48.6 Å². The third-order valence-corrected chi connectivity index (χ3v) is 11.2. The summed E-state index contributed by atoms with van der Waals surface area (Å²) >= 11 is 0. The number of unbranched alkanes of at least 4 members (excludes halogenated alkanes) is 1. The molecule has 0 fully saturated rings. The van der Waals surface area contributed by atoms with Crippen LogP contribution in [0.4, 0.5) is 11.4 Å². The quantitative estimate of drug-likeness (QED) is 0.0742. The molecule has 11 nitrogen and oxygen atoms in total. The van der Waals surface area contributed by atoms with Crippen LogP contribution in [0.15, 0.2) is 89.7 Å². The normalized spacial score (nSPS) is 13.9. The molecule has 13 heteroatoms. The van der Waals surface area contributed by atoms with Gasteiger partial charge < -0.3 is 18.9 Å². The molecular formula is C42H54N4O7S2. The molecular weight excluding hydrogens is 737 g/mol. The van der Waals surface area contributed by atoms with Crippen molar-refractivity contribution in [2.24, 2.45) is 5.92 Å². The molecule has 296 valence electrons. The first-order valence-electron chi connectivity index (χ1n) is 19.1. The molecule has 0 saturated carbocycles. The third-order valence-electron chi connectivity index (χ3n) is 9.25. The lowest BCUT2D eigenvalue weighted by molar-refractivity contribution is -0.115. The van der Waals surface area contributed by atoms with Crippen molar-refractivity contribution in [2.45, 2.75) is 77.0 Å². The fourth-order valence-electron chi connectivity index (χ4n) is 6.58. The second-order valence-electron chi connectivity index (χ2n) is 14.2. The monoisotopic (exact) mass is 790 g/mol. The Balaban J connectivity index is 1.42. The maximum Gasteiger partial charge on any atom is 0.283 e. The van der Waals surface area contributed by atoms with Gasteiger partial charge in [-0.2, -0.15) is 8.42 Å². The average Bonchev–Trinajstić information content (AvgIpc) is 3.59. The molecule has 2 heterocycles. The SMILES string of the molecule is CCCCOCCOc1ccc(-c2ccc3c(c2)C=C(C(=O)N(CS(=O)(=O)O)c2ccc(S(=O)Cc4cncn4CCC)cc2)CCCN3CC(C)C)cc1. The number of amides is 1. The molecule has 3 aromatic carbocycles. The van der Waals surface area contributed by atoms with Crippen molar-refractivity contribution in [1.82, 2.24) is 9.55 Å². The van der Waals surface area contributed by atoms with E-state index < -0.39 is 32.7 Å². The summed E-state index contributed by atoms with van der Waals surface area (Å²) in [5, 5.41) is 0. The van der Waals surface area contributed by atoms with Gasteiger partial charge in [-0.05, 0) is 103 Å². The zero-order valence-electron chi connectivity index (χ0n) is 32.4. The van der Waals surface area contributed by atoms with Crippen LogP contribution in [0.1, 0.15) is 71.1 Å². The Morgan fingerprint density at radius 3 is 2.42 bits per heavy atom. The Morgan fingerprint density at radius 2 is 1.73 bits per heavy atom. The van der Waals surface area contributed by atoms with Gasteiger partial charge in [-0.25, -0.2) is 4.98 Å². The van der Waals surface area contributed by atoms with Crippen molar-refractivity contribution in [3.63, 3.8) is 0 Å². The molecule has 5 rings (SSSR count). The Hall–Kier alpha value is -4.30. The lowest BCUT2D eigenvalue weighted by Crippen LogP contribution is -2.37. The lowest BCUT2D eigenvalue weighted by Gasteiger charge is -2.31. The molecule has 1 aliphatic rings. The number of rotatable bonds is 19. The molecule has 4 aromatic rings. The maximum absolute atomic E-state index is 14.4. The Kier molecular flexibility index (Phi) is 15.2. The van der Waals surface area contributed by atoms with E-state index in [2.05, 4.69) is 55.8 Å². The van der Waals surface area contributed by atoms with Crippen molar-refractivity contribution in [3.8, 4) is 16.9 Å². The number of fused-ring (bicyclic) bond motifs is 1. The predicted molar refractivity (Wildman–Crippen MR) is 220 cm³/mol. The van der Waals surface area contributed by atoms with E-state index in [0.29, 0.717) is 49.0 Å². The zero-order valence-corrected chi connectivity index (χ0v) is 34.0. The van der Waals surface area contributed by atoms with Crippen LogP contribution in [0, 0.1) is 5.92 Å². The van der Waals surface area contributed by atoms with Crippen LogP contribution in [0.2, 0.25) is 0 Å². The second-order valence-corrected chi connectivity index (χ2v) is 17.1. The van der Waals surface area contributed by atoms with Crippen molar-refractivity contribution in [3.05, 3.63) is 96.1 Å². The highest BCUT2D eigenvalue weighted by Gasteiger charge is 2.27. The minimum Gasteiger partial charge on any atom is -0.491 e. The van der Waals surface area contributed by atoms with E-state index in [4.69, 9.17) is 9.47 Å². The van der Waals surface area contributed by atoms with E-state index in [1.165, 1.54) is 0 Å². The number of imidazole rings is 1. The number of ether oxygens (including phenoxy) is 2. The van der Waals surface area contributed by atoms with E-state index in [-0.39, 0.29) is 11.4 Å². The summed E-state index contributed by atoms with van der Waals surface area (Å²) in [7, 11) is -6.00. The first-order chi connectivity index (χ1) is 26.5. The number of hydrogen-bond acceptors (Lipinski definition) is 8. The topological polar surface area (TPSA) is 131 Å². The van der Waals surface area contributed by atoms with Crippen LogP contribution in [-0.2, 0) is 42.7 Å². The van der Waals surface area contributed by atoms with Crippen molar-refractivity contribution < 1.29 is 31.4 Å². The minimum absolute atomic E-state index is 0.266. The molecule has 0 aliphatic carbocycles. The molecule has 1 aromatic heterocycles. The van der Waals surface area contributed by atoms with E-state index in [0.717, 1.165) is 77.7 Å². The maximum atomic E-state index is 14.4. The van der Waals surface area contributed by atoms with Gasteiger partial charge in [0.15, 0.2) is 5.88 Å². The molecule has 1 N–H and O–H groups in total. The van der Waals surface area contributed by atoms with Crippen LogP contribution < -0.4 is 14.5 Å². The van der Waals surface area contributed by atoms with Crippen LogP contribution in [0.25, 0.3) is 17.2 Å². The summed E-state index contributed by atoms with van der Waals surface area (Å²) in [6.07, 6.45) is 9.40. The molecule has 1 unspecified atom stereocenters. The van der Waals surface area contributed by atoms with Crippen LogP contribution >= 0.6 is 0 Å². The highest BCUT2D eigenvalue weighted by molar-refractivity contribution is 7.85. The zero-order chi connectivity index (χ0) is 39.4. The number of aromatic nitrogens is 2. The number of carbonyl (C=O) groups is 1. The van der Waals surface area contributed by atoms with Crippen molar-refractivity contribution in [1.29, 1.82) is 0 Å². The van der Waals surface area contributed by atoms with E-state index in [1.54, 1.807) is 36.8 Å². The van der Waals surface area contributed by atoms with Crippen LogP contribution in [-0.4, -0.2) is 71.4 Å². The summed E-state index contributed by atoms with van der Waals surface area (Å²) in [6, 6.07) is 20.5. The van der Waals surface area contributed by atoms with Gasteiger partial charge in [0.2, 0.25) is 0 Å². The fraction of sp³-hybridized carbons (Fsp3) is 0.429. The summed E-state index contributed by atoms with van der Waals surface area (Å²) in [5.41, 5.74) is 5.31. The molecule has 0 spiro atoms.